The largest absolute Gasteiger partial charge is 0.340 e. The molecular weight excluding hydrogens is 402 g/mol. The maximum absolute atomic E-state index is 12.7. The van der Waals surface area contributed by atoms with Crippen LogP contribution in [0, 0.1) is 12.8 Å². The van der Waals surface area contributed by atoms with Gasteiger partial charge in [0.25, 0.3) is 0 Å². The van der Waals surface area contributed by atoms with E-state index in [0.29, 0.717) is 18.3 Å². The summed E-state index contributed by atoms with van der Waals surface area (Å²) in [6, 6.07) is 8.12. The molecule has 32 heavy (non-hydrogen) atoms. The Hall–Kier alpha value is -3.52. The third kappa shape index (κ3) is 4.70. The number of anilines is 5. The van der Waals surface area contributed by atoms with Crippen LogP contribution in [-0.4, -0.2) is 33.9 Å². The molecule has 1 fully saturated rings. The van der Waals surface area contributed by atoms with Crippen LogP contribution < -0.4 is 21.3 Å². The lowest BCUT2D eigenvalue weighted by molar-refractivity contribution is -0.116. The van der Waals surface area contributed by atoms with Gasteiger partial charge in [-0.15, -0.1) is 0 Å². The molecule has 2 aliphatic rings. The number of fused-ring (bicyclic) bond motifs is 6. The second-order valence-corrected chi connectivity index (χ2v) is 8.54. The molecule has 1 unspecified atom stereocenters. The van der Waals surface area contributed by atoms with E-state index in [1.54, 1.807) is 12.4 Å². The average Bonchev–Trinajstić information content (AvgIpc) is 3.29. The van der Waals surface area contributed by atoms with Gasteiger partial charge in [-0.1, -0.05) is 0 Å². The smallest absolute Gasteiger partial charge is 0.229 e. The monoisotopic (exact) mass is 429 g/mol. The highest BCUT2D eigenvalue weighted by molar-refractivity contribution is 5.92. The fourth-order valence-electron chi connectivity index (χ4n) is 4.22. The molecule has 2 aliphatic heterocycles. The van der Waals surface area contributed by atoms with Crippen molar-refractivity contribution in [3.05, 3.63) is 59.5 Å². The third-order valence-electron chi connectivity index (χ3n) is 5.98. The van der Waals surface area contributed by atoms with Gasteiger partial charge < -0.3 is 21.3 Å². The zero-order valence-electron chi connectivity index (χ0n) is 18.1. The molecule has 6 bridgehead atoms. The molecule has 3 aromatic rings. The molecular formula is C24H27N7O. The van der Waals surface area contributed by atoms with Crippen LogP contribution in [0.1, 0.15) is 29.5 Å². The van der Waals surface area contributed by atoms with E-state index in [1.807, 2.05) is 25.3 Å². The minimum absolute atomic E-state index is 0.0720. The van der Waals surface area contributed by atoms with Crippen LogP contribution >= 0.6 is 0 Å². The summed E-state index contributed by atoms with van der Waals surface area (Å²) >= 11 is 0. The summed E-state index contributed by atoms with van der Waals surface area (Å²) in [4.78, 5) is 26.1. The molecule has 8 nitrogen and oxygen atoms in total. The summed E-state index contributed by atoms with van der Waals surface area (Å²) < 4.78 is 0. The van der Waals surface area contributed by atoms with E-state index in [0.717, 1.165) is 71.9 Å². The molecule has 4 heterocycles. The van der Waals surface area contributed by atoms with Crippen LogP contribution in [-0.2, 0) is 17.6 Å². The van der Waals surface area contributed by atoms with Crippen molar-refractivity contribution in [1.29, 1.82) is 0 Å². The molecule has 0 saturated carbocycles. The van der Waals surface area contributed by atoms with Crippen LogP contribution in [0.4, 0.5) is 28.8 Å². The van der Waals surface area contributed by atoms with Crippen LogP contribution in [0.25, 0.3) is 0 Å². The molecule has 4 N–H and O–H groups in total. The zero-order valence-corrected chi connectivity index (χ0v) is 18.1. The van der Waals surface area contributed by atoms with Crippen molar-refractivity contribution in [2.45, 2.75) is 32.6 Å². The lowest BCUT2D eigenvalue weighted by atomic mass is 10.0. The number of hydrogen-bond donors (Lipinski definition) is 4. The van der Waals surface area contributed by atoms with Gasteiger partial charge in [-0.3, -0.25) is 9.78 Å². The van der Waals surface area contributed by atoms with E-state index in [1.165, 1.54) is 0 Å². The summed E-state index contributed by atoms with van der Waals surface area (Å²) in [7, 11) is 0. The van der Waals surface area contributed by atoms with Crippen molar-refractivity contribution in [3.63, 3.8) is 0 Å². The SMILES string of the molecule is Cc1cnc2nc1Nc1ccc(NC(=O)CC3CCNC3)c(c1)CCc1cncc(c1)N2. The maximum Gasteiger partial charge on any atom is 0.229 e. The summed E-state index contributed by atoms with van der Waals surface area (Å²) in [5.41, 5.74) is 5.77. The molecule has 8 heteroatoms. The quantitative estimate of drug-likeness (QED) is 0.503. The summed E-state index contributed by atoms with van der Waals surface area (Å²) in [6.45, 7) is 3.89. The fraction of sp³-hybridized carbons (Fsp3) is 0.333. The fourth-order valence-corrected chi connectivity index (χ4v) is 4.22. The first-order valence-corrected chi connectivity index (χ1v) is 11.1. The number of hydrogen-bond acceptors (Lipinski definition) is 7. The van der Waals surface area contributed by atoms with Crippen LogP contribution in [0.3, 0.4) is 0 Å². The van der Waals surface area contributed by atoms with Gasteiger partial charge in [0.2, 0.25) is 11.9 Å². The van der Waals surface area contributed by atoms with E-state index in [2.05, 4.69) is 48.4 Å². The van der Waals surface area contributed by atoms with Crippen molar-refractivity contribution in [1.82, 2.24) is 20.3 Å². The normalized spacial score (nSPS) is 17.2. The molecule has 1 amide bonds. The lowest BCUT2D eigenvalue weighted by Crippen LogP contribution is -2.19. The molecule has 1 saturated heterocycles. The van der Waals surface area contributed by atoms with Gasteiger partial charge in [0.1, 0.15) is 5.82 Å². The summed E-state index contributed by atoms with van der Waals surface area (Å²) in [5, 5.41) is 13.1. The number of carbonyl (C=O) groups excluding carboxylic acids is 1. The van der Waals surface area contributed by atoms with Gasteiger partial charge in [0.05, 0.1) is 11.9 Å². The van der Waals surface area contributed by atoms with Crippen molar-refractivity contribution < 1.29 is 4.79 Å². The third-order valence-corrected chi connectivity index (χ3v) is 5.98. The first-order chi connectivity index (χ1) is 15.6. The number of carbonyl (C=O) groups is 1. The van der Waals surface area contributed by atoms with E-state index >= 15 is 0 Å². The van der Waals surface area contributed by atoms with Crippen LogP contribution in [0.15, 0.2) is 42.9 Å². The van der Waals surface area contributed by atoms with E-state index in [-0.39, 0.29) is 5.91 Å². The highest BCUT2D eigenvalue weighted by atomic mass is 16.1. The van der Waals surface area contributed by atoms with Gasteiger partial charge in [-0.05, 0) is 80.6 Å². The Morgan fingerprint density at radius 2 is 2.06 bits per heavy atom. The highest BCUT2D eigenvalue weighted by Gasteiger charge is 2.19. The average molecular weight is 430 g/mol. The number of rotatable bonds is 3. The Bertz CT molecular complexity index is 1140. The van der Waals surface area contributed by atoms with Gasteiger partial charge in [0, 0.05) is 35.8 Å². The number of benzene rings is 1. The first kappa shape index (κ1) is 20.4. The van der Waals surface area contributed by atoms with Crippen molar-refractivity contribution in [2.24, 2.45) is 5.92 Å². The van der Waals surface area contributed by atoms with Gasteiger partial charge in [-0.25, -0.2) is 4.98 Å². The van der Waals surface area contributed by atoms with Crippen molar-refractivity contribution >= 4 is 34.7 Å². The minimum atomic E-state index is 0.0720. The standard InChI is InChI=1S/C24H27N7O/c1-15-11-27-24-29-20-8-16(13-26-14-20)2-3-18-10-19(28-23(15)31-24)4-5-21(18)30-22(32)9-17-6-7-25-12-17/h4-5,8,10-11,13-14,17,25H,2-3,6-7,9,12H2,1H3,(H,30,32)(H2,27,28,29,31). The molecule has 0 aliphatic carbocycles. The molecule has 5 rings (SSSR count). The molecule has 0 radical (unpaired) electrons. The van der Waals surface area contributed by atoms with Crippen LogP contribution in [0.5, 0.6) is 0 Å². The Labute approximate surface area is 187 Å². The highest BCUT2D eigenvalue weighted by Crippen LogP contribution is 2.28. The molecule has 0 spiro atoms. The Kier molecular flexibility index (Phi) is 5.68. The summed E-state index contributed by atoms with van der Waals surface area (Å²) in [6.07, 6.45) is 8.63. The lowest BCUT2D eigenvalue weighted by Gasteiger charge is -2.16. The van der Waals surface area contributed by atoms with E-state index in [4.69, 9.17) is 0 Å². The summed E-state index contributed by atoms with van der Waals surface area (Å²) in [5.74, 6) is 1.74. The number of aryl methyl sites for hydroxylation is 3. The first-order valence-electron chi connectivity index (χ1n) is 11.1. The van der Waals surface area contributed by atoms with Gasteiger partial charge in [0.15, 0.2) is 0 Å². The Morgan fingerprint density at radius 1 is 1.12 bits per heavy atom. The zero-order chi connectivity index (χ0) is 21.9. The molecule has 1 aromatic carbocycles. The number of nitrogens with zero attached hydrogens (tertiary/aromatic N) is 3. The molecule has 164 valence electrons. The number of aromatic nitrogens is 3. The number of amides is 1. The van der Waals surface area contributed by atoms with Crippen LogP contribution in [0.2, 0.25) is 0 Å². The predicted molar refractivity (Wildman–Crippen MR) is 126 cm³/mol. The van der Waals surface area contributed by atoms with E-state index < -0.39 is 0 Å². The van der Waals surface area contributed by atoms with E-state index in [9.17, 15) is 4.79 Å². The van der Waals surface area contributed by atoms with Gasteiger partial charge in [-0.2, -0.15) is 4.98 Å². The van der Waals surface area contributed by atoms with Crippen molar-refractivity contribution in [2.75, 3.05) is 29.0 Å². The van der Waals surface area contributed by atoms with Crippen molar-refractivity contribution in [3.8, 4) is 0 Å². The number of pyridine rings is 1. The topological polar surface area (TPSA) is 104 Å². The van der Waals surface area contributed by atoms with Gasteiger partial charge >= 0.3 is 0 Å². The Morgan fingerprint density at radius 3 is 2.94 bits per heavy atom. The maximum atomic E-state index is 12.7. The second kappa shape index (κ2) is 8.92. The number of nitrogens with one attached hydrogen (secondary N) is 4. The minimum Gasteiger partial charge on any atom is -0.340 e. The predicted octanol–water partition coefficient (Wildman–Crippen LogP) is 3.70. The molecule has 1 atom stereocenters. The second-order valence-electron chi connectivity index (χ2n) is 8.54. The molecule has 2 aromatic heterocycles. The Balaban J connectivity index is 1.46.